The van der Waals surface area contributed by atoms with Crippen molar-refractivity contribution in [3.8, 4) is 0 Å². The van der Waals surface area contributed by atoms with Crippen molar-refractivity contribution < 1.29 is 18.0 Å². The largest absolute Gasteiger partial charge is 0.416 e. The molecule has 3 nitrogen and oxygen atoms in total. The van der Waals surface area contributed by atoms with E-state index >= 15 is 0 Å². The third-order valence-electron chi connectivity index (χ3n) is 2.69. The summed E-state index contributed by atoms with van der Waals surface area (Å²) in [4.78, 5) is 11.7. The quantitative estimate of drug-likeness (QED) is 0.844. The molecule has 3 N–H and O–H groups in total. The van der Waals surface area contributed by atoms with Crippen molar-refractivity contribution in [3.63, 3.8) is 0 Å². The molecular formula is C12H15BrClF3N2O. The first-order valence-corrected chi connectivity index (χ1v) is 6.35. The van der Waals surface area contributed by atoms with Crippen LogP contribution in [0.1, 0.15) is 19.4 Å². The molecule has 2 atom stereocenters. The first-order chi connectivity index (χ1) is 8.61. The summed E-state index contributed by atoms with van der Waals surface area (Å²) in [5.74, 6) is -0.908. The summed E-state index contributed by atoms with van der Waals surface area (Å²) in [6.07, 6.45) is -4.46. The van der Waals surface area contributed by atoms with E-state index in [1.807, 2.05) is 0 Å². The molecule has 1 aromatic carbocycles. The predicted octanol–water partition coefficient (Wildman–Crippen LogP) is 3.81. The summed E-state index contributed by atoms with van der Waals surface area (Å²) in [5.41, 5.74) is 4.82. The molecule has 0 aliphatic rings. The minimum absolute atomic E-state index is 0. The van der Waals surface area contributed by atoms with E-state index in [1.54, 1.807) is 13.8 Å². The fourth-order valence-electron chi connectivity index (χ4n) is 1.32. The van der Waals surface area contributed by atoms with Crippen LogP contribution in [-0.4, -0.2) is 11.9 Å². The van der Waals surface area contributed by atoms with E-state index in [0.29, 0.717) is 0 Å². The van der Waals surface area contributed by atoms with E-state index in [4.69, 9.17) is 5.73 Å². The molecule has 0 saturated heterocycles. The van der Waals surface area contributed by atoms with E-state index < -0.39 is 23.6 Å². The van der Waals surface area contributed by atoms with Gasteiger partial charge in [0.15, 0.2) is 0 Å². The molecule has 0 aliphatic carbocycles. The van der Waals surface area contributed by atoms with Crippen LogP contribution in [0, 0.1) is 5.92 Å². The number of anilines is 1. The summed E-state index contributed by atoms with van der Waals surface area (Å²) in [6, 6.07) is 2.86. The molecule has 0 fully saturated rings. The second-order valence-electron chi connectivity index (χ2n) is 4.36. The van der Waals surface area contributed by atoms with Crippen molar-refractivity contribution in [2.45, 2.75) is 26.1 Å². The standard InChI is InChI=1S/C12H14BrF3N2O.ClH/c1-6(7(2)17)11(19)18-10-4-8(12(14,15)16)3-9(13)5-10;/h3-7H,17H2,1-2H3,(H,18,19);1H. The molecule has 0 aliphatic heterocycles. The third-order valence-corrected chi connectivity index (χ3v) is 3.15. The Morgan fingerprint density at radius 3 is 2.30 bits per heavy atom. The number of hydrogen-bond acceptors (Lipinski definition) is 2. The van der Waals surface area contributed by atoms with Crippen molar-refractivity contribution in [2.75, 3.05) is 5.32 Å². The van der Waals surface area contributed by atoms with Gasteiger partial charge >= 0.3 is 6.18 Å². The van der Waals surface area contributed by atoms with E-state index in [-0.39, 0.29) is 28.6 Å². The first kappa shape index (κ1) is 19.2. The highest BCUT2D eigenvalue weighted by molar-refractivity contribution is 9.10. The molecule has 0 saturated carbocycles. The highest BCUT2D eigenvalue weighted by Crippen LogP contribution is 2.33. The van der Waals surface area contributed by atoms with Gasteiger partial charge in [0.25, 0.3) is 0 Å². The lowest BCUT2D eigenvalue weighted by molar-refractivity contribution is -0.137. The zero-order valence-corrected chi connectivity index (χ0v) is 13.2. The van der Waals surface area contributed by atoms with Gasteiger partial charge in [-0.25, -0.2) is 0 Å². The molecule has 114 valence electrons. The smallest absolute Gasteiger partial charge is 0.327 e. The lowest BCUT2D eigenvalue weighted by Crippen LogP contribution is -2.34. The zero-order valence-electron chi connectivity index (χ0n) is 10.8. The Hall–Kier alpha value is -0.790. The second kappa shape index (κ2) is 7.28. The predicted molar refractivity (Wildman–Crippen MR) is 77.8 cm³/mol. The average Bonchev–Trinajstić information content (AvgIpc) is 2.25. The van der Waals surface area contributed by atoms with Gasteiger partial charge < -0.3 is 11.1 Å². The SMILES string of the molecule is CC(N)C(C)C(=O)Nc1cc(Br)cc(C(F)(F)F)c1.Cl. The van der Waals surface area contributed by atoms with Crippen LogP contribution in [0.3, 0.4) is 0 Å². The summed E-state index contributed by atoms with van der Waals surface area (Å²) in [5, 5.41) is 2.43. The molecular weight excluding hydrogens is 360 g/mol. The Morgan fingerprint density at radius 1 is 1.30 bits per heavy atom. The molecule has 0 radical (unpaired) electrons. The highest BCUT2D eigenvalue weighted by atomic mass is 79.9. The van der Waals surface area contributed by atoms with E-state index in [2.05, 4.69) is 21.2 Å². The van der Waals surface area contributed by atoms with Crippen LogP contribution >= 0.6 is 28.3 Å². The van der Waals surface area contributed by atoms with Gasteiger partial charge in [-0.2, -0.15) is 13.2 Å². The van der Waals surface area contributed by atoms with Crippen LogP contribution in [0.2, 0.25) is 0 Å². The van der Waals surface area contributed by atoms with Crippen LogP contribution in [0.25, 0.3) is 0 Å². The number of nitrogens with two attached hydrogens (primary N) is 1. The van der Waals surface area contributed by atoms with Gasteiger partial charge in [-0.15, -0.1) is 12.4 Å². The number of alkyl halides is 3. The molecule has 0 spiro atoms. The molecule has 1 aromatic rings. The van der Waals surface area contributed by atoms with Gasteiger partial charge in [0.05, 0.1) is 11.5 Å². The van der Waals surface area contributed by atoms with Crippen molar-refractivity contribution in [1.29, 1.82) is 0 Å². The van der Waals surface area contributed by atoms with E-state index in [1.165, 1.54) is 6.07 Å². The first-order valence-electron chi connectivity index (χ1n) is 5.55. The van der Waals surface area contributed by atoms with Crippen LogP contribution in [-0.2, 0) is 11.0 Å². The fraction of sp³-hybridized carbons (Fsp3) is 0.417. The number of rotatable bonds is 3. The van der Waals surface area contributed by atoms with Crippen LogP contribution in [0.15, 0.2) is 22.7 Å². The van der Waals surface area contributed by atoms with Crippen molar-refractivity contribution in [3.05, 3.63) is 28.2 Å². The van der Waals surface area contributed by atoms with Crippen LogP contribution < -0.4 is 11.1 Å². The summed E-state index contributed by atoms with van der Waals surface area (Å²) < 4.78 is 38.1. The van der Waals surface area contributed by atoms with E-state index in [0.717, 1.165) is 12.1 Å². The highest BCUT2D eigenvalue weighted by Gasteiger charge is 2.31. The lowest BCUT2D eigenvalue weighted by Gasteiger charge is -2.16. The molecule has 0 heterocycles. The maximum atomic E-state index is 12.6. The molecule has 2 unspecified atom stereocenters. The van der Waals surface area contributed by atoms with Gasteiger partial charge in [0, 0.05) is 16.2 Å². The van der Waals surface area contributed by atoms with Gasteiger partial charge in [0.1, 0.15) is 0 Å². The number of amides is 1. The van der Waals surface area contributed by atoms with E-state index in [9.17, 15) is 18.0 Å². The third kappa shape index (κ3) is 5.30. The minimum Gasteiger partial charge on any atom is -0.327 e. The monoisotopic (exact) mass is 374 g/mol. The molecule has 1 rings (SSSR count). The number of halogens is 5. The van der Waals surface area contributed by atoms with Gasteiger partial charge in [-0.05, 0) is 25.1 Å². The Balaban J connectivity index is 0.00000361. The topological polar surface area (TPSA) is 55.1 Å². The second-order valence-corrected chi connectivity index (χ2v) is 5.28. The summed E-state index contributed by atoms with van der Waals surface area (Å²) in [7, 11) is 0. The zero-order chi connectivity index (χ0) is 14.8. The maximum Gasteiger partial charge on any atom is 0.416 e. The molecule has 0 aromatic heterocycles. The van der Waals surface area contributed by atoms with Gasteiger partial charge in [-0.1, -0.05) is 22.9 Å². The Morgan fingerprint density at radius 2 is 1.85 bits per heavy atom. The van der Waals surface area contributed by atoms with Crippen molar-refractivity contribution >= 4 is 39.9 Å². The van der Waals surface area contributed by atoms with Gasteiger partial charge in [0.2, 0.25) is 5.91 Å². The number of nitrogens with one attached hydrogen (secondary N) is 1. The Labute approximate surface area is 129 Å². The van der Waals surface area contributed by atoms with Crippen LogP contribution in [0.5, 0.6) is 0 Å². The normalized spacial score (nSPS) is 14.2. The molecule has 8 heteroatoms. The summed E-state index contributed by atoms with van der Waals surface area (Å²) >= 11 is 2.99. The van der Waals surface area contributed by atoms with Crippen molar-refractivity contribution in [2.24, 2.45) is 11.7 Å². The lowest BCUT2D eigenvalue weighted by atomic mass is 10.0. The Bertz CT molecular complexity index is 480. The molecule has 1 amide bonds. The average molecular weight is 376 g/mol. The maximum absolute atomic E-state index is 12.6. The van der Waals surface area contributed by atoms with Crippen LogP contribution in [0.4, 0.5) is 18.9 Å². The number of carbonyl (C=O) groups is 1. The number of benzene rings is 1. The molecule has 20 heavy (non-hydrogen) atoms. The summed E-state index contributed by atoms with van der Waals surface area (Å²) in [6.45, 7) is 3.27. The molecule has 0 bridgehead atoms. The van der Waals surface area contributed by atoms with Gasteiger partial charge in [-0.3, -0.25) is 4.79 Å². The minimum atomic E-state index is -4.46. The Kier molecular flexibility index (Phi) is 7.00. The number of hydrogen-bond donors (Lipinski definition) is 2. The van der Waals surface area contributed by atoms with Crippen molar-refractivity contribution in [1.82, 2.24) is 0 Å². The number of carbonyl (C=O) groups excluding carboxylic acids is 1. The fourth-order valence-corrected chi connectivity index (χ4v) is 1.81.